The fourth-order valence-electron chi connectivity index (χ4n) is 6.23. The van der Waals surface area contributed by atoms with Crippen LogP contribution in [-0.4, -0.2) is 62.1 Å². The number of aliphatic imine (C=N–C) groups is 1. The fraction of sp³-hybridized carbons (Fsp3) is 0.464. The Morgan fingerprint density at radius 3 is 2.51 bits per heavy atom. The predicted molar refractivity (Wildman–Crippen MR) is 146 cm³/mol. The summed E-state index contributed by atoms with van der Waals surface area (Å²) < 4.78 is 31.0. The van der Waals surface area contributed by atoms with Gasteiger partial charge in [0.15, 0.2) is 5.78 Å². The van der Waals surface area contributed by atoms with Gasteiger partial charge in [-0.05, 0) is 63.1 Å². The second kappa shape index (κ2) is 9.06. The lowest BCUT2D eigenvalue weighted by atomic mass is 9.51. The van der Waals surface area contributed by atoms with Crippen molar-refractivity contribution in [1.29, 1.82) is 0 Å². The summed E-state index contributed by atoms with van der Waals surface area (Å²) in [6.45, 7) is 8.32. The molecule has 2 aliphatic heterocycles. The van der Waals surface area contributed by atoms with Crippen molar-refractivity contribution in [2.75, 3.05) is 13.1 Å². The molecule has 1 aliphatic carbocycles. The van der Waals surface area contributed by atoms with E-state index in [1.165, 1.54) is 20.9 Å². The number of carbonyl (C=O) groups excluding carboxylic acids is 1. The first-order chi connectivity index (χ1) is 18.5. The second-order valence-corrected chi connectivity index (χ2v) is 13.4. The van der Waals surface area contributed by atoms with Gasteiger partial charge in [0.1, 0.15) is 0 Å². The third-order valence-corrected chi connectivity index (χ3v) is 10.4. The summed E-state index contributed by atoms with van der Waals surface area (Å²) in [5.74, 6) is -0.0746. The van der Waals surface area contributed by atoms with E-state index in [2.05, 4.69) is 53.3 Å². The maximum atomic E-state index is 14.3. The van der Waals surface area contributed by atoms with Crippen LogP contribution in [0.1, 0.15) is 56.5 Å². The van der Waals surface area contributed by atoms with Gasteiger partial charge in [-0.1, -0.05) is 30.7 Å². The Bertz CT molecular complexity index is 1620. The van der Waals surface area contributed by atoms with Crippen molar-refractivity contribution < 1.29 is 13.2 Å². The summed E-state index contributed by atoms with van der Waals surface area (Å²) in [7, 11) is -3.96. The summed E-state index contributed by atoms with van der Waals surface area (Å²) in [6, 6.07) is 8.16. The minimum atomic E-state index is -3.96. The SMILES string of the molecule is Cc1ccc(-n2ncc3c2C[C@]2(C)CCN(S(=O)(=O)c4cnn(C(C)C)n4)C[C@@]2(C(=O)C2=NC=CC2)C3)cc1. The van der Waals surface area contributed by atoms with Gasteiger partial charge in [0.2, 0.25) is 5.03 Å². The van der Waals surface area contributed by atoms with Crippen LogP contribution >= 0.6 is 0 Å². The molecule has 39 heavy (non-hydrogen) atoms. The quantitative estimate of drug-likeness (QED) is 0.467. The largest absolute Gasteiger partial charge is 0.292 e. The molecule has 11 heteroatoms. The number of sulfonamides is 1. The molecule has 0 spiro atoms. The van der Waals surface area contributed by atoms with Crippen LogP contribution in [0.4, 0.5) is 0 Å². The van der Waals surface area contributed by atoms with E-state index in [1.807, 2.05) is 30.8 Å². The number of nitrogens with zero attached hydrogens (tertiary/aromatic N) is 7. The smallest absolute Gasteiger partial charge is 0.264 e. The van der Waals surface area contributed by atoms with Gasteiger partial charge in [-0.3, -0.25) is 9.79 Å². The van der Waals surface area contributed by atoms with Crippen molar-refractivity contribution in [3.8, 4) is 5.69 Å². The third-order valence-electron chi connectivity index (χ3n) is 8.70. The Labute approximate surface area is 228 Å². The number of hydrogen-bond acceptors (Lipinski definition) is 7. The molecular formula is C28H33N7O3S. The van der Waals surface area contributed by atoms with Gasteiger partial charge in [0, 0.05) is 31.4 Å². The maximum absolute atomic E-state index is 14.3. The highest BCUT2D eigenvalue weighted by Crippen LogP contribution is 2.55. The highest BCUT2D eigenvalue weighted by molar-refractivity contribution is 7.89. The minimum absolute atomic E-state index is 0.0629. The van der Waals surface area contributed by atoms with Gasteiger partial charge in [0.25, 0.3) is 10.0 Å². The first-order valence-corrected chi connectivity index (χ1v) is 14.8. The molecule has 10 nitrogen and oxygen atoms in total. The van der Waals surface area contributed by atoms with Crippen LogP contribution in [0, 0.1) is 17.8 Å². The number of rotatable bonds is 6. The van der Waals surface area contributed by atoms with Crippen molar-refractivity contribution >= 4 is 21.5 Å². The summed E-state index contributed by atoms with van der Waals surface area (Å²) in [5.41, 5.74) is 3.20. The number of allylic oxidation sites excluding steroid dienone is 1. The summed E-state index contributed by atoms with van der Waals surface area (Å²) in [5, 5.41) is 13.0. The van der Waals surface area contributed by atoms with E-state index in [4.69, 9.17) is 5.10 Å². The lowest BCUT2D eigenvalue weighted by molar-refractivity contribution is -0.135. The van der Waals surface area contributed by atoms with Crippen LogP contribution in [0.3, 0.4) is 0 Å². The molecule has 2 atom stereocenters. The lowest BCUT2D eigenvalue weighted by Crippen LogP contribution is -2.63. The van der Waals surface area contributed by atoms with Crippen molar-refractivity contribution in [2.45, 2.75) is 64.4 Å². The first-order valence-electron chi connectivity index (χ1n) is 13.4. The number of carbonyl (C=O) groups is 1. The van der Waals surface area contributed by atoms with Gasteiger partial charge in [0.05, 0.1) is 35.2 Å². The Hall–Kier alpha value is -3.44. The number of ketones is 1. The Morgan fingerprint density at radius 2 is 1.85 bits per heavy atom. The standard InChI is InChI=1S/C28H33N7O3S/c1-19(2)35-31-17-25(32-35)39(37,38)33-13-11-27(4)15-24-21(16-30-34(24)22-9-7-20(3)8-10-22)14-28(27,18-33)26(36)23-6-5-12-29-23/h5,7-10,12,16-17,19H,6,11,13-15,18H2,1-4H3/t27-,28+/m0/s1. The molecule has 0 bridgehead atoms. The highest BCUT2D eigenvalue weighted by Gasteiger charge is 2.61. The molecule has 3 aliphatic rings. The molecular weight excluding hydrogens is 514 g/mol. The number of benzene rings is 1. The van der Waals surface area contributed by atoms with Crippen molar-refractivity contribution in [3.05, 3.63) is 65.8 Å². The molecule has 0 saturated carbocycles. The Balaban J connectivity index is 1.42. The van der Waals surface area contributed by atoms with Crippen molar-refractivity contribution in [2.24, 2.45) is 15.8 Å². The molecule has 0 unspecified atom stereocenters. The monoisotopic (exact) mass is 547 g/mol. The van der Waals surface area contributed by atoms with E-state index in [-0.39, 0.29) is 23.4 Å². The molecule has 0 N–H and O–H groups in total. The van der Waals surface area contributed by atoms with Crippen LogP contribution < -0.4 is 0 Å². The van der Waals surface area contributed by atoms with E-state index in [0.29, 0.717) is 37.9 Å². The Morgan fingerprint density at radius 1 is 1.08 bits per heavy atom. The highest BCUT2D eigenvalue weighted by atomic mass is 32.2. The summed E-state index contributed by atoms with van der Waals surface area (Å²) in [6.07, 6.45) is 8.65. The van der Waals surface area contributed by atoms with E-state index < -0.39 is 20.9 Å². The summed E-state index contributed by atoms with van der Waals surface area (Å²) >= 11 is 0. The molecule has 3 aromatic rings. The number of hydrogen-bond donors (Lipinski definition) is 0. The first kappa shape index (κ1) is 25.8. The van der Waals surface area contributed by atoms with Crippen molar-refractivity contribution in [1.82, 2.24) is 29.1 Å². The van der Waals surface area contributed by atoms with E-state index in [0.717, 1.165) is 16.9 Å². The van der Waals surface area contributed by atoms with Crippen LogP contribution in [0.25, 0.3) is 5.69 Å². The zero-order valence-corrected chi connectivity index (χ0v) is 23.5. The van der Waals surface area contributed by atoms with E-state index in [1.54, 1.807) is 6.20 Å². The molecule has 4 heterocycles. The van der Waals surface area contributed by atoms with Gasteiger partial charge in [-0.25, -0.2) is 13.1 Å². The zero-order chi connectivity index (χ0) is 27.6. The number of aryl methyl sites for hydroxylation is 1. The van der Waals surface area contributed by atoms with Crippen molar-refractivity contribution in [3.63, 3.8) is 0 Å². The van der Waals surface area contributed by atoms with Gasteiger partial charge >= 0.3 is 0 Å². The topological polar surface area (TPSA) is 115 Å². The number of piperidine rings is 1. The van der Waals surface area contributed by atoms with Gasteiger partial charge in [-0.2, -0.15) is 19.3 Å². The normalized spacial score (nSPS) is 25.0. The van der Waals surface area contributed by atoms with E-state index in [9.17, 15) is 13.2 Å². The maximum Gasteiger partial charge on any atom is 0.264 e. The molecule has 204 valence electrons. The fourth-order valence-corrected chi connectivity index (χ4v) is 7.59. The lowest BCUT2D eigenvalue weighted by Gasteiger charge is -2.55. The second-order valence-electron chi connectivity index (χ2n) is 11.5. The predicted octanol–water partition coefficient (Wildman–Crippen LogP) is 3.47. The third kappa shape index (κ3) is 4.01. The average molecular weight is 548 g/mol. The number of fused-ring (bicyclic) bond motifs is 2. The van der Waals surface area contributed by atoms with Gasteiger partial charge < -0.3 is 0 Å². The summed E-state index contributed by atoms with van der Waals surface area (Å²) in [4.78, 5) is 20.1. The molecule has 0 radical (unpaired) electrons. The molecule has 1 saturated heterocycles. The van der Waals surface area contributed by atoms with Crippen LogP contribution in [-0.2, 0) is 27.7 Å². The van der Waals surface area contributed by atoms with Crippen LogP contribution in [0.15, 0.2) is 59.0 Å². The number of aromatic nitrogens is 5. The zero-order valence-electron chi connectivity index (χ0n) is 22.7. The molecule has 2 aromatic heterocycles. The van der Waals surface area contributed by atoms with Crippen LogP contribution in [0.5, 0.6) is 0 Å². The van der Waals surface area contributed by atoms with Gasteiger partial charge in [-0.15, -0.1) is 5.10 Å². The molecule has 1 aromatic carbocycles. The average Bonchev–Trinajstić information content (AvgIpc) is 3.68. The molecule has 6 rings (SSSR count). The molecule has 1 fully saturated rings. The number of Topliss-reactive ketones (excluding diaryl/α,β-unsaturated/α-hetero) is 1. The minimum Gasteiger partial charge on any atom is -0.292 e. The van der Waals surface area contributed by atoms with Crippen LogP contribution in [0.2, 0.25) is 0 Å². The van der Waals surface area contributed by atoms with E-state index >= 15 is 0 Å². The Kier molecular flexibility index (Phi) is 5.99. The molecule has 0 amide bonds.